The summed E-state index contributed by atoms with van der Waals surface area (Å²) in [5.41, 5.74) is 4.28. The summed E-state index contributed by atoms with van der Waals surface area (Å²) in [6.45, 7) is 0. The molecular formula is C6H6N2O3. The van der Waals surface area contributed by atoms with Crippen LogP contribution in [0.3, 0.4) is 0 Å². The number of hydrogen-bond donors (Lipinski definition) is 3. The highest BCUT2D eigenvalue weighted by Crippen LogP contribution is 2.02. The van der Waals surface area contributed by atoms with Gasteiger partial charge in [0.1, 0.15) is 0 Å². The zero-order chi connectivity index (χ0) is 8.43. The molecule has 58 valence electrons. The fourth-order valence-electron chi connectivity index (χ4n) is 0.671. The van der Waals surface area contributed by atoms with Crippen LogP contribution in [0.25, 0.3) is 0 Å². The van der Waals surface area contributed by atoms with E-state index in [1.165, 1.54) is 0 Å². The molecule has 5 nitrogen and oxygen atoms in total. The topological polar surface area (TPSA) is 96.2 Å². The van der Waals surface area contributed by atoms with Crippen LogP contribution in [-0.2, 0) is 0 Å². The third kappa shape index (κ3) is 1.57. The van der Waals surface area contributed by atoms with Gasteiger partial charge >= 0.3 is 0 Å². The Hall–Kier alpha value is -1.78. The molecule has 0 aromatic carbocycles. The smallest absolute Gasteiger partial charge is 0.251 e. The van der Waals surface area contributed by atoms with Gasteiger partial charge in [0.05, 0.1) is 0 Å². The lowest BCUT2D eigenvalue weighted by Crippen LogP contribution is -2.15. The molecule has 1 heterocycles. The van der Waals surface area contributed by atoms with E-state index in [1.807, 2.05) is 0 Å². The maximum Gasteiger partial charge on any atom is 0.251 e. The summed E-state index contributed by atoms with van der Waals surface area (Å²) in [4.78, 5) is 23.1. The number of carbonyl (C=O) groups excluding carboxylic acids is 1. The van der Waals surface area contributed by atoms with Crippen molar-refractivity contribution in [1.82, 2.24) is 4.98 Å². The highest BCUT2D eigenvalue weighted by molar-refractivity contribution is 5.92. The van der Waals surface area contributed by atoms with Gasteiger partial charge in [-0.25, -0.2) is 0 Å². The lowest BCUT2D eigenvalue weighted by atomic mass is 10.2. The monoisotopic (exact) mass is 154 g/mol. The molecule has 4 N–H and O–H groups in total. The number of aromatic nitrogens is 1. The lowest BCUT2D eigenvalue weighted by molar-refractivity contribution is 0.0999. The summed E-state index contributed by atoms with van der Waals surface area (Å²) < 4.78 is 0. The van der Waals surface area contributed by atoms with Gasteiger partial charge in [-0.3, -0.25) is 14.6 Å². The second-order valence-corrected chi connectivity index (χ2v) is 1.98. The fourth-order valence-corrected chi connectivity index (χ4v) is 0.671. The predicted molar refractivity (Wildman–Crippen MR) is 37.2 cm³/mol. The van der Waals surface area contributed by atoms with Gasteiger partial charge in [-0.2, -0.15) is 0 Å². The maximum atomic E-state index is 10.6. The third-order valence-corrected chi connectivity index (χ3v) is 1.11. The zero-order valence-electron chi connectivity index (χ0n) is 5.50. The number of amides is 1. The third-order valence-electron chi connectivity index (χ3n) is 1.11. The average molecular weight is 154 g/mol. The first-order chi connectivity index (χ1) is 5.09. The summed E-state index contributed by atoms with van der Waals surface area (Å²) >= 11 is 0. The maximum absolute atomic E-state index is 10.6. The summed E-state index contributed by atoms with van der Waals surface area (Å²) in [7, 11) is 0. The quantitative estimate of drug-likeness (QED) is 0.493. The molecule has 0 saturated heterocycles. The van der Waals surface area contributed by atoms with E-state index in [-0.39, 0.29) is 11.4 Å². The Morgan fingerprint density at radius 1 is 1.55 bits per heavy atom. The molecule has 0 bridgehead atoms. The highest BCUT2D eigenvalue weighted by Gasteiger charge is 2.01. The molecule has 0 spiro atoms. The van der Waals surface area contributed by atoms with Crippen LogP contribution < -0.4 is 11.3 Å². The Balaban J connectivity index is 3.30. The number of pyridine rings is 1. The van der Waals surface area contributed by atoms with E-state index in [4.69, 9.17) is 10.8 Å². The van der Waals surface area contributed by atoms with Crippen LogP contribution in [0.5, 0.6) is 5.88 Å². The molecular weight excluding hydrogens is 148 g/mol. The Bertz CT molecular complexity index is 342. The molecule has 0 atom stereocenters. The van der Waals surface area contributed by atoms with Crippen LogP contribution in [0.15, 0.2) is 16.9 Å². The molecule has 0 aliphatic carbocycles. The molecule has 1 rings (SSSR count). The molecule has 0 aliphatic heterocycles. The van der Waals surface area contributed by atoms with Crippen LogP contribution in [0, 0.1) is 0 Å². The second-order valence-electron chi connectivity index (χ2n) is 1.98. The summed E-state index contributed by atoms with van der Waals surface area (Å²) in [6.07, 6.45) is 0. The molecule has 0 unspecified atom stereocenters. The van der Waals surface area contributed by atoms with E-state index < -0.39 is 11.5 Å². The van der Waals surface area contributed by atoms with Crippen molar-refractivity contribution < 1.29 is 9.90 Å². The zero-order valence-corrected chi connectivity index (χ0v) is 5.50. The van der Waals surface area contributed by atoms with Crippen LogP contribution >= 0.6 is 0 Å². The van der Waals surface area contributed by atoms with Gasteiger partial charge in [-0.05, 0) is 0 Å². The van der Waals surface area contributed by atoms with E-state index in [9.17, 15) is 9.59 Å². The van der Waals surface area contributed by atoms with E-state index >= 15 is 0 Å². The molecule has 1 aromatic heterocycles. The minimum atomic E-state index is -0.744. The van der Waals surface area contributed by atoms with Crippen molar-refractivity contribution in [2.75, 3.05) is 0 Å². The molecule has 0 aliphatic rings. The first-order valence-electron chi connectivity index (χ1n) is 2.83. The van der Waals surface area contributed by atoms with Crippen LogP contribution in [-0.4, -0.2) is 16.0 Å². The Morgan fingerprint density at radius 2 is 2.18 bits per heavy atom. The number of rotatable bonds is 1. The van der Waals surface area contributed by atoms with Crippen LogP contribution in [0.2, 0.25) is 0 Å². The van der Waals surface area contributed by atoms with Crippen molar-refractivity contribution in [3.05, 3.63) is 28.0 Å². The number of aromatic amines is 1. The van der Waals surface area contributed by atoms with Crippen molar-refractivity contribution in [3.63, 3.8) is 0 Å². The van der Waals surface area contributed by atoms with Crippen molar-refractivity contribution in [1.29, 1.82) is 0 Å². The van der Waals surface area contributed by atoms with Crippen molar-refractivity contribution >= 4 is 5.91 Å². The molecule has 5 heteroatoms. The SMILES string of the molecule is NC(=O)c1cc(O)[nH]c(=O)c1. The lowest BCUT2D eigenvalue weighted by Gasteiger charge is -1.93. The van der Waals surface area contributed by atoms with Crippen molar-refractivity contribution in [2.24, 2.45) is 5.73 Å². The number of aromatic hydroxyl groups is 1. The average Bonchev–Trinajstić information content (AvgIpc) is 1.85. The normalized spacial score (nSPS) is 9.45. The minimum Gasteiger partial charge on any atom is -0.494 e. The van der Waals surface area contributed by atoms with Gasteiger partial charge < -0.3 is 10.8 Å². The predicted octanol–water partition coefficient (Wildman–Crippen LogP) is -0.821. The van der Waals surface area contributed by atoms with Gasteiger partial charge in [0.25, 0.3) is 5.56 Å². The standard InChI is InChI=1S/C6H6N2O3/c7-6(11)3-1-4(9)8-5(10)2-3/h1-2H,(H2,7,11)(H2,8,9,10). The summed E-state index contributed by atoms with van der Waals surface area (Å²) in [5, 5.41) is 8.78. The number of nitrogens with one attached hydrogen (secondary N) is 1. The molecule has 0 radical (unpaired) electrons. The van der Waals surface area contributed by atoms with E-state index in [0.29, 0.717) is 0 Å². The van der Waals surface area contributed by atoms with Crippen LogP contribution in [0.4, 0.5) is 0 Å². The van der Waals surface area contributed by atoms with Crippen molar-refractivity contribution in [3.8, 4) is 5.88 Å². The first kappa shape index (κ1) is 7.33. The molecule has 1 aromatic rings. The highest BCUT2D eigenvalue weighted by atomic mass is 16.3. The molecule has 1 amide bonds. The molecule has 0 fully saturated rings. The Labute approximate surface area is 61.5 Å². The Kier molecular flexibility index (Phi) is 1.63. The van der Waals surface area contributed by atoms with E-state index in [1.54, 1.807) is 0 Å². The number of H-pyrrole nitrogens is 1. The van der Waals surface area contributed by atoms with Crippen LogP contribution in [0.1, 0.15) is 10.4 Å². The fraction of sp³-hybridized carbons (Fsp3) is 0. The largest absolute Gasteiger partial charge is 0.494 e. The van der Waals surface area contributed by atoms with Crippen molar-refractivity contribution in [2.45, 2.75) is 0 Å². The van der Waals surface area contributed by atoms with E-state index in [0.717, 1.165) is 12.1 Å². The number of primary amides is 1. The molecule has 11 heavy (non-hydrogen) atoms. The minimum absolute atomic E-state index is 0.00810. The van der Waals surface area contributed by atoms with Gasteiger partial charge in [-0.15, -0.1) is 0 Å². The summed E-state index contributed by atoms with van der Waals surface area (Å²) in [5.74, 6) is -1.11. The first-order valence-corrected chi connectivity index (χ1v) is 2.83. The second kappa shape index (κ2) is 2.45. The number of hydrogen-bond acceptors (Lipinski definition) is 3. The number of nitrogens with two attached hydrogens (primary N) is 1. The summed E-state index contributed by atoms with van der Waals surface area (Å²) in [6, 6.07) is 2.10. The van der Waals surface area contributed by atoms with Gasteiger partial charge in [0, 0.05) is 17.7 Å². The van der Waals surface area contributed by atoms with E-state index in [2.05, 4.69) is 4.98 Å². The van der Waals surface area contributed by atoms with Gasteiger partial charge in [0.15, 0.2) is 5.88 Å². The van der Waals surface area contributed by atoms with Gasteiger partial charge in [-0.1, -0.05) is 0 Å². The molecule has 0 saturated carbocycles. The van der Waals surface area contributed by atoms with Gasteiger partial charge in [0.2, 0.25) is 5.91 Å². The number of carbonyl (C=O) groups is 1. The Morgan fingerprint density at radius 3 is 2.64 bits per heavy atom.